The van der Waals surface area contributed by atoms with Crippen LogP contribution >= 0.6 is 0 Å². The number of hydrogen-bond donors (Lipinski definition) is 1. The Morgan fingerprint density at radius 2 is 1.93 bits per heavy atom. The molecule has 2 aromatic carbocycles. The Morgan fingerprint density at radius 1 is 1.09 bits per heavy atom. The average Bonchev–Trinajstić information content (AvgIpc) is 3.75. The Hall–Kier alpha value is -4.04. The summed E-state index contributed by atoms with van der Waals surface area (Å²) in [5.41, 5.74) is 3.39. The van der Waals surface area contributed by atoms with Crippen molar-refractivity contribution in [2.75, 3.05) is 20.8 Å². The summed E-state index contributed by atoms with van der Waals surface area (Å²) in [4.78, 5) is 29.3. The zero-order chi connectivity index (χ0) is 31.8. The molecule has 1 aromatic heterocycles. The van der Waals surface area contributed by atoms with Crippen molar-refractivity contribution in [2.45, 2.75) is 83.0 Å². The molecule has 8 heteroatoms. The second kappa shape index (κ2) is 12.4. The first-order valence-electron chi connectivity index (χ1n) is 15.9. The Labute approximate surface area is 265 Å². The number of ether oxygens (including phenoxy) is 3. The van der Waals surface area contributed by atoms with Gasteiger partial charge in [-0.25, -0.2) is 4.79 Å². The summed E-state index contributed by atoms with van der Waals surface area (Å²) in [5.74, 6) is 1.42. The molecule has 1 spiro atoms. The molecule has 1 aliphatic heterocycles. The van der Waals surface area contributed by atoms with Crippen LogP contribution in [0.15, 0.2) is 70.9 Å². The smallest absolute Gasteiger partial charge is 0.410 e. The summed E-state index contributed by atoms with van der Waals surface area (Å²) in [6, 6.07) is 15.1. The molecule has 1 N–H and O–H groups in total. The van der Waals surface area contributed by atoms with Crippen LogP contribution in [0.4, 0.5) is 4.79 Å². The van der Waals surface area contributed by atoms with Crippen molar-refractivity contribution >= 4 is 11.9 Å². The van der Waals surface area contributed by atoms with Crippen molar-refractivity contribution in [1.82, 2.24) is 4.90 Å². The van der Waals surface area contributed by atoms with Gasteiger partial charge in [-0.1, -0.05) is 30.7 Å². The average molecular weight is 614 g/mol. The minimum absolute atomic E-state index is 0.0368. The fraction of sp³-hybridized carbons (Fsp3) is 0.459. The van der Waals surface area contributed by atoms with Crippen molar-refractivity contribution in [1.29, 1.82) is 0 Å². The first-order chi connectivity index (χ1) is 21.7. The van der Waals surface area contributed by atoms with E-state index in [2.05, 4.69) is 26.0 Å². The molecule has 2 heterocycles. The number of nitrogens with zero attached hydrogens (tertiary/aromatic N) is 1. The highest BCUT2D eigenvalue weighted by atomic mass is 16.6. The largest absolute Gasteiger partial charge is 0.497 e. The van der Waals surface area contributed by atoms with E-state index in [1.54, 1.807) is 31.3 Å². The molecule has 2 bridgehead atoms. The number of hydrogen-bond acceptors (Lipinski definition) is 7. The summed E-state index contributed by atoms with van der Waals surface area (Å²) in [6.07, 6.45) is 7.91. The fourth-order valence-electron chi connectivity index (χ4n) is 7.83. The van der Waals surface area contributed by atoms with E-state index < -0.39 is 17.1 Å². The quantitative estimate of drug-likeness (QED) is 0.231. The van der Waals surface area contributed by atoms with E-state index in [0.29, 0.717) is 49.4 Å². The number of amides is 1. The van der Waals surface area contributed by atoms with Crippen LogP contribution in [-0.4, -0.2) is 54.4 Å². The van der Waals surface area contributed by atoms with Gasteiger partial charge in [0, 0.05) is 22.6 Å². The molecular weight excluding hydrogens is 570 g/mol. The molecule has 4 atom stereocenters. The van der Waals surface area contributed by atoms with Gasteiger partial charge in [-0.3, -0.25) is 9.69 Å². The minimum Gasteiger partial charge on any atom is -0.497 e. The third-order valence-electron chi connectivity index (χ3n) is 10.5. The van der Waals surface area contributed by atoms with Crippen LogP contribution < -0.4 is 9.47 Å². The molecule has 4 aliphatic rings. The first kappa shape index (κ1) is 31.0. The molecule has 8 nitrogen and oxygen atoms in total. The summed E-state index contributed by atoms with van der Waals surface area (Å²) in [6.45, 7) is 5.16. The monoisotopic (exact) mass is 613 g/mol. The predicted octanol–water partition coefficient (Wildman–Crippen LogP) is 7.23. The van der Waals surface area contributed by atoms with Crippen LogP contribution in [0.3, 0.4) is 0 Å². The van der Waals surface area contributed by atoms with E-state index in [1.165, 1.54) is 11.8 Å². The van der Waals surface area contributed by atoms with Crippen molar-refractivity contribution < 1.29 is 33.3 Å². The van der Waals surface area contributed by atoms with Crippen molar-refractivity contribution in [3.63, 3.8) is 0 Å². The van der Waals surface area contributed by atoms with Crippen molar-refractivity contribution in [3.05, 3.63) is 94.5 Å². The number of rotatable bonds is 6. The van der Waals surface area contributed by atoms with E-state index in [0.717, 1.165) is 42.4 Å². The predicted molar refractivity (Wildman–Crippen MR) is 170 cm³/mol. The first-order valence-corrected chi connectivity index (χ1v) is 15.9. The van der Waals surface area contributed by atoms with E-state index in [4.69, 9.17) is 18.6 Å². The number of methoxy groups -OCH3 is 2. The number of furan rings is 1. The van der Waals surface area contributed by atoms with Crippen LogP contribution in [0.5, 0.6) is 11.5 Å². The molecule has 0 radical (unpaired) electrons. The summed E-state index contributed by atoms with van der Waals surface area (Å²) < 4.78 is 23.0. The maximum atomic E-state index is 13.9. The van der Waals surface area contributed by atoms with Gasteiger partial charge in [-0.15, -0.1) is 0 Å². The molecule has 45 heavy (non-hydrogen) atoms. The van der Waals surface area contributed by atoms with Crippen LogP contribution in [0, 0.1) is 5.41 Å². The lowest BCUT2D eigenvalue weighted by molar-refractivity contribution is -0.0373. The summed E-state index contributed by atoms with van der Waals surface area (Å²) in [5, 5.41) is 10.8. The number of carbonyl (C=O) groups is 2. The SMILES string of the molecule is COc1ccc(CN2CC3(CCC4c5ccc(cc5C(=O)c5ccco5)CC(O)CCC(C)=CCCC43C)OC2=O)c(OC)c1. The number of allylic oxidation sites excluding steroid dienone is 2. The van der Waals surface area contributed by atoms with Gasteiger partial charge in [0.25, 0.3) is 0 Å². The lowest BCUT2D eigenvalue weighted by Gasteiger charge is -2.43. The third-order valence-corrected chi connectivity index (χ3v) is 10.5. The third kappa shape index (κ3) is 5.76. The van der Waals surface area contributed by atoms with Gasteiger partial charge < -0.3 is 23.7 Å². The Bertz CT molecular complexity index is 1590. The number of aliphatic hydroxyl groups is 1. The molecule has 1 saturated heterocycles. The van der Waals surface area contributed by atoms with Crippen molar-refractivity contribution in [3.8, 4) is 11.5 Å². The molecule has 1 amide bonds. The number of aliphatic hydroxyl groups excluding tert-OH is 1. The van der Waals surface area contributed by atoms with Gasteiger partial charge in [0.1, 0.15) is 17.1 Å². The number of ketones is 1. The highest BCUT2D eigenvalue weighted by molar-refractivity contribution is 6.08. The molecule has 3 aliphatic carbocycles. The number of carbonyl (C=O) groups excluding carboxylic acids is 2. The molecule has 7 rings (SSSR count). The van der Waals surface area contributed by atoms with Gasteiger partial charge in [-0.05, 0) is 99.2 Å². The number of fused-ring (bicyclic) bond motifs is 8. The number of benzene rings is 2. The van der Waals surface area contributed by atoms with E-state index in [9.17, 15) is 14.7 Å². The van der Waals surface area contributed by atoms with Crippen LogP contribution in [0.25, 0.3) is 0 Å². The van der Waals surface area contributed by atoms with E-state index in [1.807, 2.05) is 30.3 Å². The molecular formula is C37H43NO7. The van der Waals surface area contributed by atoms with Crippen LogP contribution in [0.1, 0.15) is 91.1 Å². The Kier molecular flexibility index (Phi) is 8.53. The minimum atomic E-state index is -0.729. The Balaban J connectivity index is 1.40. The molecule has 2 fully saturated rings. The molecule has 1 saturated carbocycles. The fourth-order valence-corrected chi connectivity index (χ4v) is 7.83. The van der Waals surface area contributed by atoms with E-state index >= 15 is 0 Å². The maximum Gasteiger partial charge on any atom is 0.410 e. The van der Waals surface area contributed by atoms with Gasteiger partial charge >= 0.3 is 6.09 Å². The van der Waals surface area contributed by atoms with E-state index in [-0.39, 0.29) is 23.6 Å². The maximum absolute atomic E-state index is 13.9. The zero-order valence-corrected chi connectivity index (χ0v) is 26.6. The van der Waals surface area contributed by atoms with Gasteiger partial charge in [0.2, 0.25) is 5.78 Å². The zero-order valence-electron chi connectivity index (χ0n) is 26.6. The molecule has 238 valence electrons. The summed E-state index contributed by atoms with van der Waals surface area (Å²) >= 11 is 0. The lowest BCUT2D eigenvalue weighted by atomic mass is 9.65. The highest BCUT2D eigenvalue weighted by Gasteiger charge is 2.64. The van der Waals surface area contributed by atoms with Gasteiger partial charge in [0.05, 0.1) is 39.7 Å². The second-order valence-electron chi connectivity index (χ2n) is 13.1. The summed E-state index contributed by atoms with van der Waals surface area (Å²) in [7, 11) is 3.23. The topological polar surface area (TPSA) is 98.4 Å². The molecule has 3 aromatic rings. The van der Waals surface area contributed by atoms with Crippen LogP contribution in [-0.2, 0) is 17.7 Å². The Morgan fingerprint density at radius 3 is 2.69 bits per heavy atom. The highest BCUT2D eigenvalue weighted by Crippen LogP contribution is 2.62. The molecule has 4 unspecified atom stereocenters. The second-order valence-corrected chi connectivity index (χ2v) is 13.1. The normalized spacial score (nSPS) is 26.7. The van der Waals surface area contributed by atoms with Gasteiger partial charge in [-0.2, -0.15) is 0 Å². The van der Waals surface area contributed by atoms with Gasteiger partial charge in [0.15, 0.2) is 5.76 Å². The van der Waals surface area contributed by atoms with Crippen molar-refractivity contribution in [2.24, 2.45) is 5.41 Å². The van der Waals surface area contributed by atoms with Crippen LogP contribution in [0.2, 0.25) is 0 Å². The lowest BCUT2D eigenvalue weighted by Crippen LogP contribution is -2.48. The standard InChI is InChI=1S/C37H43NO7/c1-24-7-5-16-36(2)31(29-14-10-25(19-27(39)12-9-24)20-30(29)34(40)32-8-6-18-44-32)15-17-37(36)23-38(35(41)45-37)22-26-11-13-28(42-3)21-33(26)43-4/h6-8,10-11,13-14,18,20-21,27,31,39H,5,9,12,15-17,19,22-23H2,1-4H3.